The molecule has 0 atom stereocenters. The minimum absolute atomic E-state index is 0.152. The number of hydrogen-bond donors (Lipinski definition) is 1. The summed E-state index contributed by atoms with van der Waals surface area (Å²) in [6.07, 6.45) is 1.71. The van der Waals surface area contributed by atoms with Gasteiger partial charge in [-0.05, 0) is 6.42 Å². The van der Waals surface area contributed by atoms with Crippen LogP contribution in [-0.4, -0.2) is 26.5 Å². The van der Waals surface area contributed by atoms with E-state index >= 15 is 0 Å². The number of rotatable bonds is 8. The fourth-order valence-electron chi connectivity index (χ4n) is 1.11. The van der Waals surface area contributed by atoms with Crippen LogP contribution in [0.5, 0.6) is 0 Å². The summed E-state index contributed by atoms with van der Waals surface area (Å²) in [5.74, 6) is 0. The molecule has 0 spiro atoms. The van der Waals surface area contributed by atoms with Crippen molar-refractivity contribution in [2.45, 2.75) is 10.6 Å². The minimum atomic E-state index is -3.78. The number of thiophene rings is 1. The predicted octanol–water partition coefficient (Wildman–Crippen LogP) is 2.14. The molecule has 0 aromatic carbocycles. The van der Waals surface area contributed by atoms with E-state index in [4.69, 9.17) is 16.3 Å². The van der Waals surface area contributed by atoms with Crippen LogP contribution in [0.3, 0.4) is 0 Å². The van der Waals surface area contributed by atoms with Crippen LogP contribution >= 0.6 is 22.9 Å². The fraction of sp³-hybridized carbons (Fsp3) is 0.333. The van der Waals surface area contributed by atoms with Gasteiger partial charge in [-0.1, -0.05) is 18.2 Å². The van der Waals surface area contributed by atoms with E-state index in [9.17, 15) is 18.5 Å². The summed E-state index contributed by atoms with van der Waals surface area (Å²) >= 11 is 6.25. The van der Waals surface area contributed by atoms with Crippen molar-refractivity contribution in [3.05, 3.63) is 33.4 Å². The number of ether oxygens (including phenoxy) is 1. The monoisotopic (exact) mass is 326 g/mol. The first kappa shape index (κ1) is 15.9. The fourth-order valence-corrected chi connectivity index (χ4v) is 3.89. The van der Waals surface area contributed by atoms with Gasteiger partial charge in [0.1, 0.15) is 4.21 Å². The van der Waals surface area contributed by atoms with Crippen LogP contribution in [0.15, 0.2) is 23.1 Å². The van der Waals surface area contributed by atoms with Crippen LogP contribution in [0.1, 0.15) is 6.42 Å². The lowest BCUT2D eigenvalue weighted by Gasteiger charge is -2.03. The molecule has 0 bridgehead atoms. The lowest BCUT2D eigenvalue weighted by Crippen LogP contribution is -2.24. The Morgan fingerprint density at radius 3 is 2.84 bits per heavy atom. The van der Waals surface area contributed by atoms with Crippen molar-refractivity contribution < 1.29 is 18.1 Å². The third-order valence-electron chi connectivity index (χ3n) is 1.96. The highest BCUT2D eigenvalue weighted by Gasteiger charge is 2.24. The molecule has 19 heavy (non-hydrogen) atoms. The molecule has 1 aromatic heterocycles. The van der Waals surface area contributed by atoms with E-state index in [1.807, 2.05) is 0 Å². The van der Waals surface area contributed by atoms with Crippen LogP contribution in [0.4, 0.5) is 5.69 Å². The maximum atomic E-state index is 11.8. The first-order valence-corrected chi connectivity index (χ1v) is 7.72. The summed E-state index contributed by atoms with van der Waals surface area (Å²) < 4.78 is 30.4. The summed E-state index contributed by atoms with van der Waals surface area (Å²) in [4.78, 5) is 9.85. The van der Waals surface area contributed by atoms with Crippen molar-refractivity contribution >= 4 is 38.6 Å². The Kier molecular flexibility index (Phi) is 5.73. The standard InChI is InChI=1S/C9H11ClN2O5S2/c1-2-17-5-3-4-11-19(15,16)8-6-7(12(13)14)9(10)18-8/h2,6,11H,1,3-5H2. The summed E-state index contributed by atoms with van der Waals surface area (Å²) in [6.45, 7) is 3.83. The number of nitrogens with one attached hydrogen (secondary N) is 1. The Hall–Kier alpha value is -1.16. The third kappa shape index (κ3) is 4.46. The molecular formula is C9H11ClN2O5S2. The average Bonchev–Trinajstić information content (AvgIpc) is 2.72. The van der Waals surface area contributed by atoms with E-state index in [1.165, 1.54) is 6.26 Å². The van der Waals surface area contributed by atoms with Gasteiger partial charge in [-0.15, -0.1) is 11.3 Å². The van der Waals surface area contributed by atoms with Gasteiger partial charge in [0.2, 0.25) is 10.0 Å². The molecule has 0 fully saturated rings. The molecule has 7 nitrogen and oxygen atoms in total. The van der Waals surface area contributed by atoms with E-state index < -0.39 is 20.6 Å². The minimum Gasteiger partial charge on any atom is -0.502 e. The first-order valence-electron chi connectivity index (χ1n) is 5.04. The molecule has 0 aliphatic rings. The van der Waals surface area contributed by atoms with Crippen LogP contribution < -0.4 is 4.72 Å². The molecule has 0 aliphatic heterocycles. The van der Waals surface area contributed by atoms with E-state index in [2.05, 4.69) is 11.3 Å². The van der Waals surface area contributed by atoms with Gasteiger partial charge in [0, 0.05) is 12.6 Å². The van der Waals surface area contributed by atoms with Crippen molar-refractivity contribution in [3.63, 3.8) is 0 Å². The van der Waals surface area contributed by atoms with Crippen LogP contribution in [-0.2, 0) is 14.8 Å². The largest absolute Gasteiger partial charge is 0.502 e. The molecule has 1 aromatic rings. The van der Waals surface area contributed by atoms with Crippen molar-refractivity contribution in [2.24, 2.45) is 0 Å². The van der Waals surface area contributed by atoms with Crippen LogP contribution in [0, 0.1) is 10.1 Å². The van der Waals surface area contributed by atoms with E-state index in [1.54, 1.807) is 0 Å². The maximum Gasteiger partial charge on any atom is 0.300 e. The topological polar surface area (TPSA) is 98.5 Å². The smallest absolute Gasteiger partial charge is 0.300 e. The maximum absolute atomic E-state index is 11.8. The molecule has 0 amide bonds. The molecule has 1 rings (SSSR count). The highest BCUT2D eigenvalue weighted by molar-refractivity contribution is 7.91. The SMILES string of the molecule is C=COCCCNS(=O)(=O)c1cc([N+](=O)[O-])c(Cl)s1. The Labute approximate surface area is 119 Å². The molecule has 0 radical (unpaired) electrons. The Morgan fingerprint density at radius 2 is 2.32 bits per heavy atom. The highest BCUT2D eigenvalue weighted by atomic mass is 35.5. The summed E-state index contributed by atoms with van der Waals surface area (Å²) in [7, 11) is -3.78. The summed E-state index contributed by atoms with van der Waals surface area (Å²) in [5.41, 5.74) is -0.415. The molecule has 0 saturated carbocycles. The van der Waals surface area contributed by atoms with Gasteiger partial charge in [-0.2, -0.15) is 0 Å². The van der Waals surface area contributed by atoms with Gasteiger partial charge in [0.25, 0.3) is 5.69 Å². The lowest BCUT2D eigenvalue weighted by atomic mass is 10.5. The van der Waals surface area contributed by atoms with Gasteiger partial charge in [-0.25, -0.2) is 13.1 Å². The molecule has 0 unspecified atom stereocenters. The lowest BCUT2D eigenvalue weighted by molar-refractivity contribution is -0.384. The number of sulfonamides is 1. The van der Waals surface area contributed by atoms with Crippen molar-refractivity contribution in [1.29, 1.82) is 0 Å². The number of halogens is 1. The second-order valence-corrected chi connectivity index (χ2v) is 6.92. The average molecular weight is 327 g/mol. The van der Waals surface area contributed by atoms with Crippen molar-refractivity contribution in [1.82, 2.24) is 4.72 Å². The molecule has 0 aliphatic carbocycles. The second-order valence-electron chi connectivity index (χ2n) is 3.27. The Bertz CT molecular complexity index is 569. The molecule has 1 heterocycles. The molecule has 10 heteroatoms. The van der Waals surface area contributed by atoms with Gasteiger partial charge >= 0.3 is 0 Å². The second kappa shape index (κ2) is 6.85. The zero-order valence-corrected chi connectivity index (χ0v) is 12.1. The van der Waals surface area contributed by atoms with E-state index in [0.29, 0.717) is 24.4 Å². The van der Waals surface area contributed by atoms with E-state index in [0.717, 1.165) is 6.07 Å². The Balaban J connectivity index is 2.69. The van der Waals surface area contributed by atoms with Gasteiger partial charge in [0.05, 0.1) is 17.8 Å². The highest BCUT2D eigenvalue weighted by Crippen LogP contribution is 2.35. The van der Waals surface area contributed by atoms with Gasteiger partial charge in [-0.3, -0.25) is 10.1 Å². The number of nitrogens with zero attached hydrogens (tertiary/aromatic N) is 1. The summed E-state index contributed by atoms with van der Waals surface area (Å²) in [6, 6.07) is 0.940. The quantitative estimate of drug-likeness (QED) is 0.341. The third-order valence-corrected chi connectivity index (χ3v) is 5.23. The normalized spacial score (nSPS) is 11.2. The molecule has 0 saturated heterocycles. The molecule has 1 N–H and O–H groups in total. The van der Waals surface area contributed by atoms with Crippen LogP contribution in [0.2, 0.25) is 4.34 Å². The predicted molar refractivity (Wildman–Crippen MR) is 71.9 cm³/mol. The van der Waals surface area contributed by atoms with Gasteiger partial charge in [0.15, 0.2) is 4.34 Å². The van der Waals surface area contributed by atoms with Gasteiger partial charge < -0.3 is 4.74 Å². The number of nitro groups is 1. The van der Waals surface area contributed by atoms with Crippen molar-refractivity contribution in [3.8, 4) is 0 Å². The first-order chi connectivity index (χ1) is 8.88. The number of hydrogen-bond acceptors (Lipinski definition) is 6. The zero-order chi connectivity index (χ0) is 14.5. The molecular weight excluding hydrogens is 316 g/mol. The van der Waals surface area contributed by atoms with Crippen LogP contribution in [0.25, 0.3) is 0 Å². The summed E-state index contributed by atoms with van der Waals surface area (Å²) in [5, 5.41) is 10.6. The molecule has 106 valence electrons. The van der Waals surface area contributed by atoms with Crippen molar-refractivity contribution in [2.75, 3.05) is 13.2 Å². The Morgan fingerprint density at radius 1 is 1.63 bits per heavy atom. The zero-order valence-electron chi connectivity index (χ0n) is 9.67. The van der Waals surface area contributed by atoms with E-state index in [-0.39, 0.29) is 15.1 Å².